The summed E-state index contributed by atoms with van der Waals surface area (Å²) in [5, 5.41) is 9.24. The van der Waals surface area contributed by atoms with Crippen LogP contribution in [0.5, 0.6) is 0 Å². The molecule has 1 aromatic rings. The fraction of sp³-hybridized carbons (Fsp3) is 0.533. The van der Waals surface area contributed by atoms with Crippen molar-refractivity contribution in [2.24, 2.45) is 10.1 Å². The van der Waals surface area contributed by atoms with Gasteiger partial charge in [0.2, 0.25) is 0 Å². The fourth-order valence-corrected chi connectivity index (χ4v) is 4.79. The largest absolute Gasteiger partial charge is 0.408 e. The van der Waals surface area contributed by atoms with E-state index in [0.717, 1.165) is 0 Å². The Morgan fingerprint density at radius 3 is 2.36 bits per heavy atom. The van der Waals surface area contributed by atoms with E-state index in [-0.39, 0.29) is 5.56 Å². The van der Waals surface area contributed by atoms with Crippen LogP contribution in [-0.2, 0) is 15.3 Å². The van der Waals surface area contributed by atoms with Gasteiger partial charge >= 0.3 is 6.18 Å². The van der Waals surface area contributed by atoms with Gasteiger partial charge in [-0.2, -0.15) is 18.4 Å². The van der Waals surface area contributed by atoms with Crippen LogP contribution < -0.4 is 5.73 Å². The second-order valence-corrected chi connectivity index (χ2v) is 10.4. The summed E-state index contributed by atoms with van der Waals surface area (Å²) in [6, 6.07) is 5.83. The van der Waals surface area contributed by atoms with Crippen LogP contribution in [0.1, 0.15) is 26.3 Å². The predicted octanol–water partition coefficient (Wildman–Crippen LogP) is 3.94. The zero-order valence-electron chi connectivity index (χ0n) is 13.8. The van der Waals surface area contributed by atoms with Crippen LogP contribution >= 0.6 is 22.6 Å². The summed E-state index contributed by atoms with van der Waals surface area (Å²) in [5.41, 5.74) is 4.54. The molecule has 0 fully saturated rings. The molecule has 140 valence electrons. The maximum atomic E-state index is 14.1. The van der Waals surface area contributed by atoms with Crippen LogP contribution in [0.3, 0.4) is 0 Å². The number of halogens is 5. The van der Waals surface area contributed by atoms with E-state index in [1.807, 2.05) is 22.6 Å². The van der Waals surface area contributed by atoms with Gasteiger partial charge < -0.3 is 5.73 Å². The topological polar surface area (TPSA) is 79.2 Å². The number of rotatable bonds is 5. The highest BCUT2D eigenvalue weighted by Crippen LogP contribution is 2.31. The molecule has 25 heavy (non-hydrogen) atoms. The number of hydrogen-bond donors (Lipinski definition) is 1. The summed E-state index contributed by atoms with van der Waals surface area (Å²) < 4.78 is 67.3. The molecular weight excluding hydrogens is 473 g/mol. The average Bonchev–Trinajstić information content (AvgIpc) is 2.46. The fourth-order valence-electron chi connectivity index (χ4n) is 2.06. The first-order chi connectivity index (χ1) is 11.1. The highest BCUT2D eigenvalue weighted by atomic mass is 127. The second kappa shape index (κ2) is 7.36. The van der Waals surface area contributed by atoms with Crippen molar-refractivity contribution >= 4 is 32.3 Å². The van der Waals surface area contributed by atoms with Crippen LogP contribution in [0.25, 0.3) is 0 Å². The normalized spacial score (nSPS) is 17.3. The molecule has 0 saturated heterocycles. The van der Waals surface area contributed by atoms with Crippen LogP contribution in [-0.4, -0.2) is 27.4 Å². The first-order valence-electron chi connectivity index (χ1n) is 7.06. The van der Waals surface area contributed by atoms with E-state index < -0.39 is 44.3 Å². The second-order valence-electron chi connectivity index (χ2n) is 6.35. The lowest BCUT2D eigenvalue weighted by Gasteiger charge is -2.32. The number of nitrogens with two attached hydrogens (primary N) is 1. The lowest BCUT2D eigenvalue weighted by Crippen LogP contribution is -2.46. The van der Waals surface area contributed by atoms with E-state index in [4.69, 9.17) is 5.73 Å². The Hall–Kier alpha value is -0.930. The third kappa shape index (κ3) is 5.52. The Morgan fingerprint density at radius 2 is 1.88 bits per heavy atom. The summed E-state index contributed by atoms with van der Waals surface area (Å²) in [5.74, 6) is -1.26. The molecule has 1 unspecified atom stereocenters. The SMILES string of the molecule is CC(C)(C#N)S(=O)(C[C@](C)(N)c1cc(I)ccc1F)=NCC(F)(F)F. The van der Waals surface area contributed by atoms with Crippen molar-refractivity contribution in [2.45, 2.75) is 37.2 Å². The monoisotopic (exact) mass is 491 g/mol. The first kappa shape index (κ1) is 22.1. The Morgan fingerprint density at radius 1 is 1.32 bits per heavy atom. The van der Waals surface area contributed by atoms with E-state index in [1.54, 1.807) is 6.07 Å². The van der Waals surface area contributed by atoms with Crippen molar-refractivity contribution < 1.29 is 21.8 Å². The molecule has 0 radical (unpaired) electrons. The summed E-state index contributed by atoms with van der Waals surface area (Å²) >= 11 is 1.93. The Balaban J connectivity index is 3.47. The van der Waals surface area contributed by atoms with Gasteiger partial charge in [0, 0.05) is 9.13 Å². The van der Waals surface area contributed by atoms with Crippen molar-refractivity contribution in [1.29, 1.82) is 5.26 Å². The van der Waals surface area contributed by atoms with Gasteiger partial charge in [-0.1, -0.05) is 0 Å². The zero-order chi connectivity index (χ0) is 19.7. The summed E-state index contributed by atoms with van der Waals surface area (Å²) in [6.07, 6.45) is -4.67. The zero-order valence-corrected chi connectivity index (χ0v) is 16.8. The summed E-state index contributed by atoms with van der Waals surface area (Å²) in [7, 11) is -3.74. The van der Waals surface area contributed by atoms with E-state index in [2.05, 4.69) is 4.36 Å². The standard InChI is InChI=1S/C15H18F4IN3OS/c1-13(2,7-21)25(24,23-8-15(17,18)19)9-14(3,22)11-6-10(20)4-5-12(11)16/h4-6H,8-9,22H2,1-3H3/t14-,25?/m0/s1. The van der Waals surface area contributed by atoms with Gasteiger partial charge in [-0.25, -0.2) is 13.0 Å². The molecule has 0 spiro atoms. The maximum Gasteiger partial charge on any atom is 0.408 e. The molecule has 0 aliphatic carbocycles. The number of benzene rings is 1. The van der Waals surface area contributed by atoms with E-state index in [1.165, 1.54) is 39.0 Å². The molecule has 2 N–H and O–H groups in total. The van der Waals surface area contributed by atoms with Gasteiger partial charge in [-0.15, -0.1) is 0 Å². The molecule has 1 rings (SSSR count). The molecule has 0 aliphatic heterocycles. The Bertz CT molecular complexity index is 806. The van der Waals surface area contributed by atoms with Crippen molar-refractivity contribution in [3.8, 4) is 6.07 Å². The molecule has 0 aromatic heterocycles. The van der Waals surface area contributed by atoms with Gasteiger partial charge in [0.25, 0.3) is 0 Å². The Kier molecular flexibility index (Phi) is 6.51. The molecule has 0 amide bonds. The van der Waals surface area contributed by atoms with E-state index in [0.29, 0.717) is 3.57 Å². The van der Waals surface area contributed by atoms with Crippen molar-refractivity contribution in [3.05, 3.63) is 33.1 Å². The number of alkyl halides is 3. The highest BCUT2D eigenvalue weighted by molar-refractivity contribution is 14.1. The van der Waals surface area contributed by atoms with Gasteiger partial charge in [0.05, 0.1) is 27.1 Å². The predicted molar refractivity (Wildman–Crippen MR) is 96.7 cm³/mol. The van der Waals surface area contributed by atoms with Crippen molar-refractivity contribution in [3.63, 3.8) is 0 Å². The molecule has 10 heteroatoms. The highest BCUT2D eigenvalue weighted by Gasteiger charge is 2.40. The van der Waals surface area contributed by atoms with Gasteiger partial charge in [-0.3, -0.25) is 0 Å². The van der Waals surface area contributed by atoms with Crippen LogP contribution in [0.15, 0.2) is 22.6 Å². The van der Waals surface area contributed by atoms with Gasteiger partial charge in [0.15, 0.2) is 0 Å². The van der Waals surface area contributed by atoms with Crippen molar-refractivity contribution in [1.82, 2.24) is 0 Å². The number of hydrogen-bond acceptors (Lipinski definition) is 4. The molecule has 0 saturated carbocycles. The molecule has 4 nitrogen and oxygen atoms in total. The first-order valence-corrected chi connectivity index (χ1v) is 9.82. The summed E-state index contributed by atoms with van der Waals surface area (Å²) in [6.45, 7) is 2.16. The minimum Gasteiger partial charge on any atom is -0.321 e. The molecule has 2 atom stereocenters. The van der Waals surface area contributed by atoms with Gasteiger partial charge in [-0.05, 0) is 61.6 Å². The molecular formula is C15H18F4IN3OS. The third-order valence-corrected chi connectivity index (χ3v) is 7.45. The molecule has 1 aromatic carbocycles. The minimum absolute atomic E-state index is 0.00285. The number of nitrogens with zero attached hydrogens (tertiary/aromatic N) is 2. The quantitative estimate of drug-likeness (QED) is 0.501. The van der Waals surface area contributed by atoms with Crippen LogP contribution in [0.4, 0.5) is 17.6 Å². The van der Waals surface area contributed by atoms with Crippen LogP contribution in [0.2, 0.25) is 0 Å². The minimum atomic E-state index is -4.67. The number of nitriles is 1. The van der Waals surface area contributed by atoms with Crippen LogP contribution in [0, 0.1) is 20.7 Å². The average molecular weight is 491 g/mol. The van der Waals surface area contributed by atoms with E-state index in [9.17, 15) is 27.0 Å². The Labute approximate surface area is 158 Å². The summed E-state index contributed by atoms with van der Waals surface area (Å²) in [4.78, 5) is 0. The van der Waals surface area contributed by atoms with Crippen molar-refractivity contribution in [2.75, 3.05) is 12.3 Å². The maximum absolute atomic E-state index is 14.1. The third-order valence-electron chi connectivity index (χ3n) is 3.56. The van der Waals surface area contributed by atoms with E-state index >= 15 is 0 Å². The van der Waals surface area contributed by atoms with Gasteiger partial charge in [0.1, 0.15) is 17.1 Å². The molecule has 0 heterocycles. The lowest BCUT2D eigenvalue weighted by molar-refractivity contribution is -0.117. The molecule has 0 aliphatic rings. The molecule has 0 bridgehead atoms. The lowest BCUT2D eigenvalue weighted by atomic mass is 9.95. The smallest absolute Gasteiger partial charge is 0.321 e.